The molecule has 0 atom stereocenters. The fraction of sp³-hybridized carbons (Fsp3) is 0.571. The number of aliphatic hydroxyl groups is 1. The third-order valence-electron chi connectivity index (χ3n) is 5.28. The van der Waals surface area contributed by atoms with E-state index in [2.05, 4.69) is 0 Å². The first-order chi connectivity index (χ1) is 13.2. The van der Waals surface area contributed by atoms with Gasteiger partial charge in [0.15, 0.2) is 0 Å². The number of aliphatic hydroxyl groups excluding tert-OH is 1. The average molecular weight is 406 g/mol. The van der Waals surface area contributed by atoms with Crippen LogP contribution in [0.1, 0.15) is 63.8 Å². The largest absolute Gasteiger partial charge is 0.395 e. The Morgan fingerprint density at radius 2 is 1.82 bits per heavy atom. The Labute approximate surface area is 168 Å². The van der Waals surface area contributed by atoms with Gasteiger partial charge in [0.2, 0.25) is 10.0 Å². The molecule has 1 aliphatic carbocycles. The second-order valence-electron chi connectivity index (χ2n) is 8.56. The van der Waals surface area contributed by atoms with Crippen LogP contribution in [0.3, 0.4) is 0 Å². The molecule has 0 unspecified atom stereocenters. The van der Waals surface area contributed by atoms with E-state index in [1.165, 1.54) is 4.31 Å². The Morgan fingerprint density at radius 3 is 2.39 bits per heavy atom. The lowest BCUT2D eigenvalue weighted by atomic mass is 9.92. The van der Waals surface area contributed by atoms with Crippen LogP contribution in [-0.2, 0) is 22.0 Å². The first-order valence-corrected chi connectivity index (χ1v) is 11.4. The van der Waals surface area contributed by atoms with E-state index < -0.39 is 15.4 Å². The van der Waals surface area contributed by atoms with E-state index in [1.807, 2.05) is 55.8 Å². The molecular weight excluding hydrogens is 374 g/mol. The zero-order chi connectivity index (χ0) is 20.4. The van der Waals surface area contributed by atoms with E-state index in [0.29, 0.717) is 5.69 Å². The van der Waals surface area contributed by atoms with Gasteiger partial charge in [-0.25, -0.2) is 8.42 Å². The Hall–Kier alpha value is -1.70. The molecule has 154 valence electrons. The molecular formula is C21H31N3O3S. The van der Waals surface area contributed by atoms with Crippen molar-refractivity contribution in [1.82, 2.24) is 14.1 Å². The lowest BCUT2D eigenvalue weighted by Crippen LogP contribution is -2.34. The molecule has 0 saturated heterocycles. The molecule has 2 aromatic rings. The summed E-state index contributed by atoms with van der Waals surface area (Å²) in [7, 11) is -3.79. The van der Waals surface area contributed by atoms with Gasteiger partial charge in [-0.3, -0.25) is 4.68 Å². The fourth-order valence-corrected chi connectivity index (χ4v) is 5.51. The Kier molecular flexibility index (Phi) is 6.27. The van der Waals surface area contributed by atoms with E-state index >= 15 is 0 Å². The van der Waals surface area contributed by atoms with Crippen molar-refractivity contribution in [2.45, 2.75) is 69.4 Å². The smallest absolute Gasteiger partial charge is 0.246 e. The summed E-state index contributed by atoms with van der Waals surface area (Å²) in [5.74, 6) is 0. The lowest BCUT2D eigenvalue weighted by Gasteiger charge is -2.24. The maximum Gasteiger partial charge on any atom is 0.246 e. The molecule has 0 aliphatic heterocycles. The van der Waals surface area contributed by atoms with Crippen LogP contribution in [0.25, 0.3) is 0 Å². The molecule has 1 N–H and O–H groups in total. The maximum absolute atomic E-state index is 13.6. The predicted molar refractivity (Wildman–Crippen MR) is 110 cm³/mol. The maximum atomic E-state index is 13.6. The molecule has 1 saturated carbocycles. The SMILES string of the molecule is CC(C)(C)c1nn(C2CCCC2)cc1S(=O)(=O)N(CCO)Cc1ccccc1. The number of benzene rings is 1. The molecule has 0 radical (unpaired) electrons. The van der Waals surface area contributed by atoms with Gasteiger partial charge in [-0.05, 0) is 18.4 Å². The summed E-state index contributed by atoms with van der Waals surface area (Å²) in [6.45, 7) is 6.01. The van der Waals surface area contributed by atoms with Crippen LogP contribution in [-0.4, -0.2) is 40.8 Å². The van der Waals surface area contributed by atoms with E-state index in [1.54, 1.807) is 6.20 Å². The van der Waals surface area contributed by atoms with Crippen LogP contribution < -0.4 is 0 Å². The van der Waals surface area contributed by atoms with E-state index in [4.69, 9.17) is 5.10 Å². The first-order valence-electron chi connectivity index (χ1n) is 9.98. The normalized spacial score (nSPS) is 16.2. The second-order valence-corrected chi connectivity index (χ2v) is 10.5. The highest BCUT2D eigenvalue weighted by Gasteiger charge is 2.35. The summed E-state index contributed by atoms with van der Waals surface area (Å²) in [6.07, 6.45) is 6.09. The minimum atomic E-state index is -3.79. The quantitative estimate of drug-likeness (QED) is 0.765. The van der Waals surface area contributed by atoms with Gasteiger partial charge in [0.25, 0.3) is 0 Å². The molecule has 1 heterocycles. The lowest BCUT2D eigenvalue weighted by molar-refractivity contribution is 0.251. The standard InChI is InChI=1S/C21H31N3O3S/c1-21(2,3)20-19(16-24(22-20)18-11-7-8-12-18)28(26,27)23(13-14-25)15-17-9-5-4-6-10-17/h4-6,9-10,16,18,25H,7-8,11-15H2,1-3H3. The van der Waals surface area contributed by atoms with Crippen LogP contribution in [0, 0.1) is 0 Å². The monoisotopic (exact) mass is 405 g/mol. The van der Waals surface area contributed by atoms with E-state index in [9.17, 15) is 13.5 Å². The van der Waals surface area contributed by atoms with Crippen LogP contribution in [0.2, 0.25) is 0 Å². The number of sulfonamides is 1. The van der Waals surface area contributed by atoms with Crippen molar-refractivity contribution in [1.29, 1.82) is 0 Å². The molecule has 1 aromatic heterocycles. The van der Waals surface area contributed by atoms with Crippen molar-refractivity contribution in [2.24, 2.45) is 0 Å². The second kappa shape index (κ2) is 8.35. The number of hydrogen-bond donors (Lipinski definition) is 1. The zero-order valence-electron chi connectivity index (χ0n) is 17.0. The molecule has 0 bridgehead atoms. The molecule has 1 aromatic carbocycles. The molecule has 0 amide bonds. The van der Waals surface area contributed by atoms with Gasteiger partial charge in [-0.2, -0.15) is 9.40 Å². The highest BCUT2D eigenvalue weighted by atomic mass is 32.2. The van der Waals surface area contributed by atoms with Crippen LogP contribution in [0.5, 0.6) is 0 Å². The third kappa shape index (κ3) is 4.47. The topological polar surface area (TPSA) is 75.4 Å². The summed E-state index contributed by atoms with van der Waals surface area (Å²) in [5, 5.41) is 14.2. The minimum absolute atomic E-state index is 0.0510. The third-order valence-corrected chi connectivity index (χ3v) is 7.12. The van der Waals surface area contributed by atoms with Crippen molar-refractivity contribution in [3.63, 3.8) is 0 Å². The summed E-state index contributed by atoms with van der Waals surface area (Å²) >= 11 is 0. The summed E-state index contributed by atoms with van der Waals surface area (Å²) < 4.78 is 30.4. The zero-order valence-corrected chi connectivity index (χ0v) is 17.8. The average Bonchev–Trinajstić information content (AvgIpc) is 3.31. The van der Waals surface area contributed by atoms with E-state index in [0.717, 1.165) is 31.2 Å². The van der Waals surface area contributed by atoms with Crippen LogP contribution in [0.15, 0.2) is 41.4 Å². The Balaban J connectivity index is 2.02. The van der Waals surface area contributed by atoms with Crippen molar-refractivity contribution in [3.8, 4) is 0 Å². The molecule has 1 aliphatic rings. The predicted octanol–water partition coefficient (Wildman–Crippen LogP) is 3.48. The minimum Gasteiger partial charge on any atom is -0.395 e. The molecule has 3 rings (SSSR count). The number of nitrogens with zero attached hydrogens (tertiary/aromatic N) is 3. The molecule has 0 spiro atoms. The van der Waals surface area contributed by atoms with Crippen LogP contribution >= 0.6 is 0 Å². The van der Waals surface area contributed by atoms with Crippen LogP contribution in [0.4, 0.5) is 0 Å². The molecule has 6 nitrogen and oxygen atoms in total. The van der Waals surface area contributed by atoms with Crippen molar-refractivity contribution in [3.05, 3.63) is 47.8 Å². The van der Waals surface area contributed by atoms with Gasteiger partial charge < -0.3 is 5.11 Å². The summed E-state index contributed by atoms with van der Waals surface area (Å²) in [5.41, 5.74) is 1.08. The molecule has 28 heavy (non-hydrogen) atoms. The summed E-state index contributed by atoms with van der Waals surface area (Å²) in [6, 6.07) is 9.73. The highest BCUT2D eigenvalue weighted by Crippen LogP contribution is 2.35. The van der Waals surface area contributed by atoms with Gasteiger partial charge in [0.05, 0.1) is 18.3 Å². The molecule has 7 heteroatoms. The number of aromatic nitrogens is 2. The highest BCUT2D eigenvalue weighted by molar-refractivity contribution is 7.89. The van der Waals surface area contributed by atoms with Gasteiger partial charge in [0.1, 0.15) is 4.90 Å². The Morgan fingerprint density at radius 1 is 1.18 bits per heavy atom. The number of hydrogen-bond acceptors (Lipinski definition) is 4. The van der Waals surface area contributed by atoms with Gasteiger partial charge in [-0.1, -0.05) is 63.9 Å². The fourth-order valence-electron chi connectivity index (χ4n) is 3.76. The van der Waals surface area contributed by atoms with Crippen molar-refractivity contribution >= 4 is 10.0 Å². The van der Waals surface area contributed by atoms with E-state index in [-0.39, 0.29) is 30.6 Å². The van der Waals surface area contributed by atoms with Gasteiger partial charge in [-0.15, -0.1) is 0 Å². The Bertz CT molecular complexity index is 879. The summed E-state index contributed by atoms with van der Waals surface area (Å²) in [4.78, 5) is 0.260. The molecule has 1 fully saturated rings. The van der Waals surface area contributed by atoms with Gasteiger partial charge in [0, 0.05) is 24.7 Å². The van der Waals surface area contributed by atoms with Crippen molar-refractivity contribution < 1.29 is 13.5 Å². The number of rotatable bonds is 7. The first kappa shape index (κ1) is 21.0. The van der Waals surface area contributed by atoms with Gasteiger partial charge >= 0.3 is 0 Å². The van der Waals surface area contributed by atoms with Crippen molar-refractivity contribution in [2.75, 3.05) is 13.2 Å².